The van der Waals surface area contributed by atoms with Crippen molar-refractivity contribution in [2.45, 2.75) is 44.6 Å². The van der Waals surface area contributed by atoms with Gasteiger partial charge in [-0.15, -0.1) is 0 Å². The van der Waals surface area contributed by atoms with Gasteiger partial charge in [0.25, 0.3) is 11.8 Å². The number of ether oxygens (including phenoxy) is 2. The Hall–Kier alpha value is -4.92. The van der Waals surface area contributed by atoms with Crippen molar-refractivity contribution in [2.75, 3.05) is 11.4 Å². The van der Waals surface area contributed by atoms with Crippen molar-refractivity contribution in [3.8, 4) is 0 Å². The highest BCUT2D eigenvalue weighted by Gasteiger charge is 2.38. The number of rotatable bonds is 10. The summed E-state index contributed by atoms with van der Waals surface area (Å²) in [7, 11) is 0. The van der Waals surface area contributed by atoms with Gasteiger partial charge in [0.2, 0.25) is 0 Å². The van der Waals surface area contributed by atoms with Crippen LogP contribution in [0.4, 0.5) is 5.69 Å². The molecule has 7 nitrogen and oxygen atoms in total. The number of nitrogens with zero attached hydrogens (tertiary/aromatic N) is 2. The first kappa shape index (κ1) is 30.7. The maximum atomic E-state index is 13.3. The van der Waals surface area contributed by atoms with Gasteiger partial charge in [-0.25, -0.2) is 4.90 Å². The molecule has 47 heavy (non-hydrogen) atoms. The first-order chi connectivity index (χ1) is 23.1. The van der Waals surface area contributed by atoms with Crippen LogP contribution in [0.2, 0.25) is 0 Å². The van der Waals surface area contributed by atoms with Gasteiger partial charge in [0.05, 0.1) is 35.6 Å². The zero-order chi connectivity index (χ0) is 32.2. The minimum Gasteiger partial charge on any atom is -0.392 e. The molecule has 0 aromatic heterocycles. The predicted molar refractivity (Wildman–Crippen MR) is 179 cm³/mol. The zero-order valence-corrected chi connectivity index (χ0v) is 25.9. The van der Waals surface area contributed by atoms with Crippen molar-refractivity contribution in [2.24, 2.45) is 0 Å². The van der Waals surface area contributed by atoms with Crippen LogP contribution in [0, 0.1) is 0 Å². The van der Waals surface area contributed by atoms with E-state index in [0.29, 0.717) is 29.8 Å². The highest BCUT2D eigenvalue weighted by molar-refractivity contribution is 6.34. The lowest BCUT2D eigenvalue weighted by Crippen LogP contribution is -2.39. The Morgan fingerprint density at radius 2 is 1.23 bits per heavy atom. The Bertz CT molecular complexity index is 1770. The van der Waals surface area contributed by atoms with E-state index in [9.17, 15) is 14.7 Å². The third-order valence-corrected chi connectivity index (χ3v) is 8.77. The fourth-order valence-electron chi connectivity index (χ4n) is 6.42. The smallest absolute Gasteiger partial charge is 0.266 e. The molecule has 5 aromatic carbocycles. The number of hydrogen-bond acceptors (Lipinski definition) is 6. The largest absolute Gasteiger partial charge is 0.392 e. The average Bonchev–Trinajstić information content (AvgIpc) is 3.38. The number of benzene rings is 5. The lowest BCUT2D eigenvalue weighted by Gasteiger charge is -2.38. The van der Waals surface area contributed by atoms with Gasteiger partial charge in [-0.1, -0.05) is 109 Å². The third kappa shape index (κ3) is 6.80. The van der Waals surface area contributed by atoms with E-state index in [4.69, 9.17) is 9.47 Å². The number of hydrogen-bond donors (Lipinski definition) is 1. The summed E-state index contributed by atoms with van der Waals surface area (Å²) >= 11 is 0. The molecule has 2 aliphatic heterocycles. The number of fused-ring (bicyclic) bond motifs is 1. The first-order valence-corrected chi connectivity index (χ1v) is 15.9. The van der Waals surface area contributed by atoms with Gasteiger partial charge in [0.15, 0.2) is 6.29 Å². The summed E-state index contributed by atoms with van der Waals surface area (Å²) in [6.07, 6.45) is -0.564. The maximum Gasteiger partial charge on any atom is 0.266 e. The Morgan fingerprint density at radius 3 is 1.83 bits per heavy atom. The Kier molecular flexibility index (Phi) is 9.04. The molecule has 2 aliphatic rings. The molecule has 0 bridgehead atoms. The minimum absolute atomic E-state index is 0.0291. The fraction of sp³-hybridized carbons (Fsp3) is 0.200. The van der Waals surface area contributed by atoms with Crippen LogP contribution in [0.15, 0.2) is 133 Å². The second-order valence-corrected chi connectivity index (χ2v) is 12.1. The first-order valence-electron chi connectivity index (χ1n) is 15.9. The predicted octanol–water partition coefficient (Wildman–Crippen LogP) is 7.23. The summed E-state index contributed by atoms with van der Waals surface area (Å²) < 4.78 is 13.3. The molecule has 3 atom stereocenters. The van der Waals surface area contributed by atoms with E-state index >= 15 is 0 Å². The van der Waals surface area contributed by atoms with Gasteiger partial charge in [-0.3, -0.25) is 14.5 Å². The Labute approximate surface area is 274 Å². The van der Waals surface area contributed by atoms with Crippen LogP contribution in [-0.2, 0) is 29.2 Å². The van der Waals surface area contributed by atoms with Gasteiger partial charge < -0.3 is 14.6 Å². The van der Waals surface area contributed by atoms with E-state index in [1.807, 2.05) is 54.6 Å². The third-order valence-electron chi connectivity index (χ3n) is 8.77. The van der Waals surface area contributed by atoms with Gasteiger partial charge in [-0.05, 0) is 46.5 Å². The fourth-order valence-corrected chi connectivity index (χ4v) is 6.42. The van der Waals surface area contributed by atoms with Gasteiger partial charge in [0.1, 0.15) is 0 Å². The summed E-state index contributed by atoms with van der Waals surface area (Å²) in [5.74, 6) is -0.684. The lowest BCUT2D eigenvalue weighted by molar-refractivity contribution is -0.253. The molecule has 1 N–H and O–H groups in total. The Balaban J connectivity index is 1.18. The SMILES string of the molecule is O=C1c2ccccc2C(=O)N1c1cccc([C@H]2O[C@@H](CN(Cc3ccccc3)Cc3ccccc3)C[C@@H](c3ccc(CO)cc3)O2)c1. The molecule has 5 aromatic rings. The summed E-state index contributed by atoms with van der Waals surface area (Å²) in [5.41, 5.74) is 6.26. The molecule has 0 unspecified atom stereocenters. The number of carbonyl (C=O) groups excluding carboxylic acids is 2. The van der Waals surface area contributed by atoms with Crippen LogP contribution in [-0.4, -0.2) is 34.5 Å². The van der Waals surface area contributed by atoms with Crippen molar-refractivity contribution in [3.63, 3.8) is 0 Å². The number of anilines is 1. The van der Waals surface area contributed by atoms with Gasteiger partial charge in [0, 0.05) is 31.6 Å². The molecule has 0 spiro atoms. The molecule has 0 radical (unpaired) electrons. The van der Waals surface area contributed by atoms with Crippen molar-refractivity contribution in [3.05, 3.63) is 172 Å². The maximum absolute atomic E-state index is 13.3. The van der Waals surface area contributed by atoms with Crippen LogP contribution < -0.4 is 4.90 Å². The molecule has 0 aliphatic carbocycles. The van der Waals surface area contributed by atoms with E-state index in [2.05, 4.69) is 53.4 Å². The Morgan fingerprint density at radius 1 is 0.638 bits per heavy atom. The molecule has 0 saturated carbocycles. The highest BCUT2D eigenvalue weighted by atomic mass is 16.7. The topological polar surface area (TPSA) is 79.3 Å². The summed E-state index contributed by atoms with van der Waals surface area (Å²) in [4.78, 5) is 30.2. The number of carbonyl (C=O) groups is 2. The second kappa shape index (κ2) is 13.8. The minimum atomic E-state index is -0.735. The molecule has 2 heterocycles. The van der Waals surface area contributed by atoms with Crippen molar-refractivity contribution >= 4 is 17.5 Å². The molecule has 1 saturated heterocycles. The van der Waals surface area contributed by atoms with Gasteiger partial charge >= 0.3 is 0 Å². The van der Waals surface area contributed by atoms with E-state index < -0.39 is 6.29 Å². The number of aliphatic hydroxyl groups is 1. The van der Waals surface area contributed by atoms with Crippen LogP contribution in [0.5, 0.6) is 0 Å². The summed E-state index contributed by atoms with van der Waals surface area (Å²) in [6, 6.07) is 42.9. The highest BCUT2D eigenvalue weighted by Crippen LogP contribution is 2.40. The van der Waals surface area contributed by atoms with Crippen molar-refractivity contribution in [1.82, 2.24) is 4.90 Å². The van der Waals surface area contributed by atoms with E-state index in [-0.39, 0.29) is 30.6 Å². The van der Waals surface area contributed by atoms with E-state index in [1.54, 1.807) is 30.3 Å². The lowest BCUT2D eigenvalue weighted by atomic mass is 9.99. The number of aliphatic hydroxyl groups excluding tert-OH is 1. The molecule has 236 valence electrons. The molecule has 7 rings (SSSR count). The molecule has 2 amide bonds. The number of imide groups is 1. The quantitative estimate of drug-likeness (QED) is 0.165. The van der Waals surface area contributed by atoms with Gasteiger partial charge in [-0.2, -0.15) is 0 Å². The number of amides is 2. The second-order valence-electron chi connectivity index (χ2n) is 12.1. The standard InChI is InChI=1S/C40H36N2O5/c43-27-30-18-20-31(21-19-30)37-23-34(26-41(24-28-10-3-1-4-11-28)25-29-12-5-2-6-13-29)46-40(47-37)32-14-9-15-33(22-32)42-38(44)35-16-7-8-17-36(35)39(42)45/h1-22,34,37,40,43H,23-27H2/t34-,37+,40+/m1/s1. The summed E-state index contributed by atoms with van der Waals surface area (Å²) in [6.45, 7) is 2.14. The van der Waals surface area contributed by atoms with Crippen LogP contribution in [0.25, 0.3) is 0 Å². The monoisotopic (exact) mass is 624 g/mol. The van der Waals surface area contributed by atoms with E-state index in [0.717, 1.165) is 29.8 Å². The van der Waals surface area contributed by atoms with Crippen LogP contribution >= 0.6 is 0 Å². The van der Waals surface area contributed by atoms with Crippen molar-refractivity contribution < 1.29 is 24.2 Å². The molecular weight excluding hydrogens is 588 g/mol. The van der Waals surface area contributed by atoms with Crippen molar-refractivity contribution in [1.29, 1.82) is 0 Å². The van der Waals surface area contributed by atoms with E-state index in [1.165, 1.54) is 16.0 Å². The summed E-state index contributed by atoms with van der Waals surface area (Å²) in [5, 5.41) is 9.61. The molecule has 7 heteroatoms. The average molecular weight is 625 g/mol. The molecule has 1 fully saturated rings. The zero-order valence-electron chi connectivity index (χ0n) is 25.9. The molecular formula is C40H36N2O5. The van der Waals surface area contributed by atoms with Crippen LogP contribution in [0.3, 0.4) is 0 Å². The van der Waals surface area contributed by atoms with Crippen LogP contribution in [0.1, 0.15) is 67.3 Å². The normalized spacial score (nSPS) is 19.3.